The Kier molecular flexibility index (Phi) is 4.68. The number of nitro groups is 1. The number of carbonyl (C=O) groups is 1. The Morgan fingerprint density at radius 1 is 1.53 bits per heavy atom. The third-order valence-corrected chi connectivity index (χ3v) is 3.05. The molecule has 0 bridgehead atoms. The third-order valence-electron chi connectivity index (χ3n) is 2.75. The van der Waals surface area contributed by atoms with Crippen LogP contribution in [0.1, 0.15) is 24.2 Å². The minimum absolute atomic E-state index is 0.0181. The number of nitrogens with two attached hydrogens (primary N) is 1. The van der Waals surface area contributed by atoms with E-state index in [9.17, 15) is 14.9 Å². The molecular weight excluding hydrogens is 272 g/mol. The van der Waals surface area contributed by atoms with Gasteiger partial charge in [-0.05, 0) is 19.9 Å². The van der Waals surface area contributed by atoms with Crippen LogP contribution in [0.3, 0.4) is 0 Å². The smallest absolute Gasteiger partial charge is 0.295 e. The molecule has 1 rings (SSSR count). The third kappa shape index (κ3) is 3.12. The highest BCUT2D eigenvalue weighted by molar-refractivity contribution is 6.34. The van der Waals surface area contributed by atoms with Crippen molar-refractivity contribution in [1.29, 1.82) is 0 Å². The van der Waals surface area contributed by atoms with Crippen LogP contribution >= 0.6 is 11.6 Å². The standard InChI is InChI=1S/C11H15ClN4O3/c1-6(2)15(3)11(17)7-4-8(12)10(14-13)9(5-7)16(18)19/h4-6,14H,13H2,1-3H3. The number of anilines is 1. The maximum absolute atomic E-state index is 12.1. The van der Waals surface area contributed by atoms with Crippen molar-refractivity contribution in [2.45, 2.75) is 19.9 Å². The van der Waals surface area contributed by atoms with Crippen LogP contribution in [0.4, 0.5) is 11.4 Å². The molecule has 8 heteroatoms. The van der Waals surface area contributed by atoms with Crippen molar-refractivity contribution >= 4 is 28.9 Å². The Labute approximate surface area is 115 Å². The molecule has 1 aromatic rings. The lowest BCUT2D eigenvalue weighted by Gasteiger charge is -2.21. The summed E-state index contributed by atoms with van der Waals surface area (Å²) in [4.78, 5) is 23.9. The highest BCUT2D eigenvalue weighted by Gasteiger charge is 2.23. The van der Waals surface area contributed by atoms with Crippen LogP contribution in [-0.4, -0.2) is 28.8 Å². The van der Waals surface area contributed by atoms with E-state index in [2.05, 4.69) is 5.43 Å². The topological polar surface area (TPSA) is 102 Å². The Morgan fingerprint density at radius 2 is 2.11 bits per heavy atom. The van der Waals surface area contributed by atoms with Gasteiger partial charge in [-0.1, -0.05) is 11.6 Å². The van der Waals surface area contributed by atoms with Crippen molar-refractivity contribution in [2.75, 3.05) is 12.5 Å². The van der Waals surface area contributed by atoms with Gasteiger partial charge in [0.1, 0.15) is 5.69 Å². The van der Waals surface area contributed by atoms with Crippen LogP contribution in [0, 0.1) is 10.1 Å². The summed E-state index contributed by atoms with van der Waals surface area (Å²) in [6, 6.07) is 2.48. The molecule has 0 aromatic heterocycles. The predicted octanol–water partition coefficient (Wildman–Crippen LogP) is 2.01. The monoisotopic (exact) mass is 286 g/mol. The Hall–Kier alpha value is -1.86. The van der Waals surface area contributed by atoms with E-state index in [1.807, 2.05) is 13.8 Å². The lowest BCUT2D eigenvalue weighted by Crippen LogP contribution is -2.33. The molecule has 3 N–H and O–H groups in total. The largest absolute Gasteiger partial charge is 0.339 e. The number of nitrogens with zero attached hydrogens (tertiary/aromatic N) is 2. The summed E-state index contributed by atoms with van der Waals surface area (Å²) >= 11 is 5.89. The van der Waals surface area contributed by atoms with Crippen LogP contribution in [-0.2, 0) is 0 Å². The van der Waals surface area contributed by atoms with E-state index in [-0.39, 0.29) is 33.9 Å². The first-order chi connectivity index (χ1) is 8.79. The summed E-state index contributed by atoms with van der Waals surface area (Å²) in [5.41, 5.74) is 1.95. The van der Waals surface area contributed by atoms with Gasteiger partial charge >= 0.3 is 0 Å². The summed E-state index contributed by atoms with van der Waals surface area (Å²) < 4.78 is 0. The molecule has 0 aliphatic heterocycles. The van der Waals surface area contributed by atoms with Gasteiger partial charge in [-0.25, -0.2) is 0 Å². The van der Waals surface area contributed by atoms with Gasteiger partial charge in [0.05, 0.1) is 9.95 Å². The highest BCUT2D eigenvalue weighted by Crippen LogP contribution is 2.33. The van der Waals surface area contributed by atoms with Crippen molar-refractivity contribution in [3.05, 3.63) is 32.8 Å². The number of amides is 1. The first kappa shape index (κ1) is 15.2. The zero-order valence-electron chi connectivity index (χ0n) is 10.8. The SMILES string of the molecule is CC(C)N(C)C(=O)c1cc(Cl)c(NN)c([N+](=O)[O-])c1. The maximum Gasteiger partial charge on any atom is 0.295 e. The number of halogens is 1. The quantitative estimate of drug-likeness (QED) is 0.501. The zero-order chi connectivity index (χ0) is 14.7. The number of carbonyl (C=O) groups excluding carboxylic acids is 1. The lowest BCUT2D eigenvalue weighted by molar-refractivity contribution is -0.384. The van der Waals surface area contributed by atoms with Crippen LogP contribution < -0.4 is 11.3 Å². The van der Waals surface area contributed by atoms with E-state index in [0.29, 0.717) is 0 Å². The maximum atomic E-state index is 12.1. The first-order valence-corrected chi connectivity index (χ1v) is 5.89. The minimum Gasteiger partial charge on any atom is -0.339 e. The van der Waals surface area contributed by atoms with Crippen LogP contribution in [0.15, 0.2) is 12.1 Å². The van der Waals surface area contributed by atoms with E-state index < -0.39 is 4.92 Å². The summed E-state index contributed by atoms with van der Waals surface area (Å²) in [6.07, 6.45) is 0. The Morgan fingerprint density at radius 3 is 2.53 bits per heavy atom. The zero-order valence-corrected chi connectivity index (χ0v) is 11.6. The second-order valence-corrected chi connectivity index (χ2v) is 4.67. The molecule has 0 atom stereocenters. The predicted molar refractivity (Wildman–Crippen MR) is 73.1 cm³/mol. The fourth-order valence-corrected chi connectivity index (χ4v) is 1.71. The van der Waals surface area contributed by atoms with E-state index in [0.717, 1.165) is 6.07 Å². The second-order valence-electron chi connectivity index (χ2n) is 4.26. The molecule has 0 radical (unpaired) electrons. The normalized spacial score (nSPS) is 10.4. The van der Waals surface area contributed by atoms with Gasteiger partial charge in [0.2, 0.25) is 0 Å². The van der Waals surface area contributed by atoms with E-state index in [1.165, 1.54) is 11.0 Å². The number of rotatable bonds is 4. The van der Waals surface area contributed by atoms with Gasteiger partial charge in [0.15, 0.2) is 0 Å². The molecule has 19 heavy (non-hydrogen) atoms. The molecule has 0 fully saturated rings. The highest BCUT2D eigenvalue weighted by atomic mass is 35.5. The number of hydrazine groups is 1. The number of nitro benzene ring substituents is 1. The molecule has 0 spiro atoms. The molecule has 7 nitrogen and oxygen atoms in total. The lowest BCUT2D eigenvalue weighted by atomic mass is 10.1. The number of nitrogen functional groups attached to an aromatic ring is 1. The van der Waals surface area contributed by atoms with Gasteiger partial charge in [-0.3, -0.25) is 20.8 Å². The van der Waals surface area contributed by atoms with Crippen molar-refractivity contribution in [3.8, 4) is 0 Å². The van der Waals surface area contributed by atoms with Crippen LogP contribution in [0.25, 0.3) is 0 Å². The minimum atomic E-state index is -0.646. The van der Waals surface area contributed by atoms with Crippen LogP contribution in [0.2, 0.25) is 5.02 Å². The molecule has 1 amide bonds. The molecule has 0 aliphatic rings. The summed E-state index contributed by atoms with van der Waals surface area (Å²) in [5.74, 6) is 4.85. The van der Waals surface area contributed by atoms with Gasteiger partial charge in [-0.2, -0.15) is 0 Å². The average molecular weight is 287 g/mol. The fourth-order valence-electron chi connectivity index (χ4n) is 1.44. The fraction of sp³-hybridized carbons (Fsp3) is 0.364. The number of nitrogens with one attached hydrogen (secondary N) is 1. The molecule has 104 valence electrons. The molecule has 0 saturated carbocycles. The summed E-state index contributed by atoms with van der Waals surface area (Å²) in [7, 11) is 1.61. The van der Waals surface area contributed by atoms with E-state index in [4.69, 9.17) is 17.4 Å². The molecule has 0 saturated heterocycles. The Bertz CT molecular complexity index is 519. The number of hydrogen-bond donors (Lipinski definition) is 2. The van der Waals surface area contributed by atoms with E-state index >= 15 is 0 Å². The van der Waals surface area contributed by atoms with E-state index in [1.54, 1.807) is 7.05 Å². The molecule has 0 unspecified atom stereocenters. The van der Waals surface area contributed by atoms with Gasteiger partial charge in [-0.15, -0.1) is 0 Å². The molecule has 1 aromatic carbocycles. The molecule has 0 aliphatic carbocycles. The number of hydrogen-bond acceptors (Lipinski definition) is 5. The van der Waals surface area contributed by atoms with Crippen LogP contribution in [0.5, 0.6) is 0 Å². The van der Waals surface area contributed by atoms with Gasteiger partial charge in [0, 0.05) is 24.7 Å². The van der Waals surface area contributed by atoms with Gasteiger partial charge in [0.25, 0.3) is 11.6 Å². The van der Waals surface area contributed by atoms with Crippen molar-refractivity contribution in [3.63, 3.8) is 0 Å². The van der Waals surface area contributed by atoms with Gasteiger partial charge < -0.3 is 10.3 Å². The molecule has 0 heterocycles. The van der Waals surface area contributed by atoms with Crippen molar-refractivity contribution < 1.29 is 9.72 Å². The summed E-state index contributed by atoms with van der Waals surface area (Å²) in [5, 5.41) is 11.0. The Balaban J connectivity index is 3.32. The molecular formula is C11H15ClN4O3. The first-order valence-electron chi connectivity index (χ1n) is 5.51. The summed E-state index contributed by atoms with van der Waals surface area (Å²) in [6.45, 7) is 3.67. The van der Waals surface area contributed by atoms with Crippen molar-refractivity contribution in [2.24, 2.45) is 5.84 Å². The number of benzene rings is 1. The van der Waals surface area contributed by atoms with Crippen molar-refractivity contribution in [1.82, 2.24) is 4.90 Å². The average Bonchev–Trinajstić information content (AvgIpc) is 2.35. The second kappa shape index (κ2) is 5.85.